The number of piperazine rings is 1. The first kappa shape index (κ1) is 9.53. The zero-order chi connectivity index (χ0) is 11.0. The molecule has 0 spiro atoms. The molecule has 6 heteroatoms. The van der Waals surface area contributed by atoms with Gasteiger partial charge in [0.25, 0.3) is 0 Å². The fourth-order valence-corrected chi connectivity index (χ4v) is 2.00. The van der Waals surface area contributed by atoms with Gasteiger partial charge in [-0.3, -0.25) is 4.40 Å². The first-order valence-corrected chi connectivity index (χ1v) is 5.41. The number of aromatic nitrogens is 4. The highest BCUT2D eigenvalue weighted by atomic mass is 15.3. The molecule has 2 aromatic rings. The van der Waals surface area contributed by atoms with Crippen molar-refractivity contribution in [2.45, 2.75) is 0 Å². The lowest BCUT2D eigenvalue weighted by Crippen LogP contribution is -2.45. The summed E-state index contributed by atoms with van der Waals surface area (Å²) in [6, 6.07) is 0. The maximum absolute atomic E-state index is 4.22. The molecule has 0 bridgehead atoms. The summed E-state index contributed by atoms with van der Waals surface area (Å²) in [7, 11) is 2.14. The topological polar surface area (TPSA) is 49.6 Å². The highest BCUT2D eigenvalue weighted by molar-refractivity contribution is 5.67. The van der Waals surface area contributed by atoms with Crippen LogP contribution >= 0.6 is 0 Å². The van der Waals surface area contributed by atoms with Gasteiger partial charge in [0, 0.05) is 26.2 Å². The monoisotopic (exact) mass is 218 g/mol. The Labute approximate surface area is 93.5 Å². The van der Waals surface area contributed by atoms with E-state index in [-0.39, 0.29) is 0 Å². The van der Waals surface area contributed by atoms with Gasteiger partial charge in [0.05, 0.1) is 6.20 Å². The minimum absolute atomic E-state index is 0.938. The normalized spacial score (nSPS) is 18.2. The van der Waals surface area contributed by atoms with Crippen LogP contribution in [0.15, 0.2) is 18.9 Å². The van der Waals surface area contributed by atoms with Gasteiger partial charge in [-0.15, -0.1) is 10.2 Å². The molecular formula is C10H14N6. The summed E-state index contributed by atoms with van der Waals surface area (Å²) in [4.78, 5) is 8.71. The van der Waals surface area contributed by atoms with Gasteiger partial charge >= 0.3 is 0 Å². The zero-order valence-corrected chi connectivity index (χ0v) is 9.24. The first-order chi connectivity index (χ1) is 7.84. The van der Waals surface area contributed by atoms with Crippen LogP contribution in [0.3, 0.4) is 0 Å². The average molecular weight is 218 g/mol. The van der Waals surface area contributed by atoms with Gasteiger partial charge in [-0.2, -0.15) is 0 Å². The second-order valence-electron chi connectivity index (χ2n) is 4.13. The van der Waals surface area contributed by atoms with Crippen LogP contribution in [0.25, 0.3) is 5.52 Å². The Morgan fingerprint density at radius 3 is 2.75 bits per heavy atom. The number of fused-ring (bicyclic) bond motifs is 1. The van der Waals surface area contributed by atoms with Crippen molar-refractivity contribution >= 4 is 11.3 Å². The van der Waals surface area contributed by atoms with Crippen molar-refractivity contribution in [3.8, 4) is 0 Å². The molecule has 0 amide bonds. The van der Waals surface area contributed by atoms with Crippen molar-refractivity contribution in [2.75, 3.05) is 38.1 Å². The molecule has 0 saturated carbocycles. The molecule has 0 unspecified atom stereocenters. The quantitative estimate of drug-likeness (QED) is 0.667. The van der Waals surface area contributed by atoms with E-state index < -0.39 is 0 Å². The maximum Gasteiger partial charge on any atom is 0.177 e. The molecule has 0 N–H and O–H groups in total. The summed E-state index contributed by atoms with van der Waals surface area (Å²) < 4.78 is 1.90. The molecule has 3 rings (SSSR count). The lowest BCUT2D eigenvalue weighted by molar-refractivity contribution is 0.312. The van der Waals surface area contributed by atoms with Gasteiger partial charge in [0.2, 0.25) is 0 Å². The molecule has 16 heavy (non-hydrogen) atoms. The highest BCUT2D eigenvalue weighted by Crippen LogP contribution is 2.18. The van der Waals surface area contributed by atoms with Crippen molar-refractivity contribution in [1.29, 1.82) is 0 Å². The molecule has 3 heterocycles. The number of hydrogen-bond donors (Lipinski definition) is 0. The fourth-order valence-electron chi connectivity index (χ4n) is 2.00. The Morgan fingerprint density at radius 2 is 1.94 bits per heavy atom. The second-order valence-corrected chi connectivity index (χ2v) is 4.13. The summed E-state index contributed by atoms with van der Waals surface area (Å²) in [5.41, 5.74) is 1.03. The molecule has 1 fully saturated rings. The third-order valence-corrected chi connectivity index (χ3v) is 3.03. The van der Waals surface area contributed by atoms with E-state index >= 15 is 0 Å². The van der Waals surface area contributed by atoms with Crippen LogP contribution in [0, 0.1) is 0 Å². The average Bonchev–Trinajstić information content (AvgIpc) is 2.78. The van der Waals surface area contributed by atoms with E-state index in [2.05, 4.69) is 32.0 Å². The van der Waals surface area contributed by atoms with Gasteiger partial charge in [-0.25, -0.2) is 4.98 Å². The molecule has 0 atom stereocenters. The number of rotatable bonds is 1. The zero-order valence-electron chi connectivity index (χ0n) is 9.24. The summed E-state index contributed by atoms with van der Waals surface area (Å²) in [6.07, 6.45) is 5.27. The van der Waals surface area contributed by atoms with Crippen LogP contribution in [0.2, 0.25) is 0 Å². The van der Waals surface area contributed by atoms with Crippen LogP contribution in [0.5, 0.6) is 0 Å². The highest BCUT2D eigenvalue weighted by Gasteiger charge is 2.18. The Hall–Kier alpha value is -1.69. The summed E-state index contributed by atoms with van der Waals surface area (Å²) in [6.45, 7) is 4.12. The van der Waals surface area contributed by atoms with Crippen LogP contribution in [-0.4, -0.2) is 57.7 Å². The molecule has 0 aromatic carbocycles. The molecule has 2 aromatic heterocycles. The number of imidazole rings is 1. The maximum atomic E-state index is 4.22. The SMILES string of the molecule is CN1CCN(c2nncn3cncc23)CC1. The minimum Gasteiger partial charge on any atom is -0.351 e. The Morgan fingerprint density at radius 1 is 1.12 bits per heavy atom. The molecule has 0 aliphatic carbocycles. The molecule has 6 nitrogen and oxygen atoms in total. The standard InChI is InChI=1S/C10H14N6/c1-14-2-4-15(5-3-14)10-9-6-11-7-16(9)8-12-13-10/h6-8H,2-5H2,1H3. The van der Waals surface area contributed by atoms with E-state index in [0.29, 0.717) is 0 Å². The van der Waals surface area contributed by atoms with Crippen LogP contribution in [-0.2, 0) is 0 Å². The van der Waals surface area contributed by atoms with Gasteiger partial charge in [0.1, 0.15) is 18.2 Å². The second kappa shape index (κ2) is 3.71. The van der Waals surface area contributed by atoms with Gasteiger partial charge < -0.3 is 9.80 Å². The van der Waals surface area contributed by atoms with Crippen LogP contribution < -0.4 is 4.90 Å². The van der Waals surface area contributed by atoms with Crippen molar-refractivity contribution < 1.29 is 0 Å². The van der Waals surface area contributed by atoms with Crippen molar-refractivity contribution in [1.82, 2.24) is 24.5 Å². The lowest BCUT2D eigenvalue weighted by Gasteiger charge is -2.32. The van der Waals surface area contributed by atoms with E-state index in [1.165, 1.54) is 0 Å². The van der Waals surface area contributed by atoms with Crippen molar-refractivity contribution in [3.05, 3.63) is 18.9 Å². The summed E-state index contributed by atoms with van der Waals surface area (Å²) >= 11 is 0. The van der Waals surface area contributed by atoms with Crippen molar-refractivity contribution in [3.63, 3.8) is 0 Å². The van der Waals surface area contributed by atoms with Gasteiger partial charge in [-0.1, -0.05) is 0 Å². The predicted molar refractivity (Wildman–Crippen MR) is 60.5 cm³/mol. The predicted octanol–water partition coefficient (Wildman–Crippen LogP) is -0.124. The molecule has 1 aliphatic rings. The van der Waals surface area contributed by atoms with Crippen LogP contribution in [0.4, 0.5) is 5.82 Å². The third-order valence-electron chi connectivity index (χ3n) is 3.03. The third kappa shape index (κ3) is 1.51. The van der Waals surface area contributed by atoms with E-state index in [1.807, 2.05) is 10.6 Å². The van der Waals surface area contributed by atoms with Gasteiger partial charge in [0.15, 0.2) is 5.82 Å². The fraction of sp³-hybridized carbons (Fsp3) is 0.500. The molecule has 1 aliphatic heterocycles. The largest absolute Gasteiger partial charge is 0.351 e. The minimum atomic E-state index is 0.938. The Balaban J connectivity index is 1.96. The van der Waals surface area contributed by atoms with Crippen LogP contribution in [0.1, 0.15) is 0 Å². The van der Waals surface area contributed by atoms with E-state index in [4.69, 9.17) is 0 Å². The lowest BCUT2D eigenvalue weighted by atomic mass is 10.3. The first-order valence-electron chi connectivity index (χ1n) is 5.41. The number of anilines is 1. The molecular weight excluding hydrogens is 204 g/mol. The Bertz CT molecular complexity index is 485. The number of likely N-dealkylation sites (N-methyl/N-ethyl adjacent to an activating group) is 1. The number of nitrogens with zero attached hydrogens (tertiary/aromatic N) is 6. The molecule has 0 radical (unpaired) electrons. The van der Waals surface area contributed by atoms with Gasteiger partial charge in [-0.05, 0) is 7.05 Å². The summed E-state index contributed by atoms with van der Waals surface area (Å²) in [5.74, 6) is 0.938. The van der Waals surface area contributed by atoms with E-state index in [9.17, 15) is 0 Å². The Kier molecular flexibility index (Phi) is 2.21. The van der Waals surface area contributed by atoms with E-state index in [0.717, 1.165) is 37.5 Å². The molecule has 1 saturated heterocycles. The number of hydrogen-bond acceptors (Lipinski definition) is 5. The molecule has 84 valence electrons. The summed E-state index contributed by atoms with van der Waals surface area (Å²) in [5, 5.41) is 8.22. The van der Waals surface area contributed by atoms with Crippen molar-refractivity contribution in [2.24, 2.45) is 0 Å². The van der Waals surface area contributed by atoms with E-state index in [1.54, 1.807) is 12.7 Å². The smallest absolute Gasteiger partial charge is 0.177 e.